The van der Waals surface area contributed by atoms with Crippen LogP contribution in [-0.2, 0) is 9.47 Å². The molecule has 4 heteroatoms. The van der Waals surface area contributed by atoms with Crippen LogP contribution in [0.1, 0.15) is 38.9 Å². The summed E-state index contributed by atoms with van der Waals surface area (Å²) >= 11 is 6.20. The fourth-order valence-electron chi connectivity index (χ4n) is 1.76. The summed E-state index contributed by atoms with van der Waals surface area (Å²) < 4.78 is 11.3. The molecule has 0 bridgehead atoms. The number of ether oxygens (including phenoxy) is 2. The molecule has 0 radical (unpaired) electrons. The van der Waals surface area contributed by atoms with Gasteiger partial charge in [0.1, 0.15) is 0 Å². The summed E-state index contributed by atoms with van der Waals surface area (Å²) in [6.45, 7) is 6.58. The molecule has 0 spiro atoms. The van der Waals surface area contributed by atoms with Gasteiger partial charge in [0.05, 0.1) is 18.3 Å². The Hall–Kier alpha value is -0.610. The molecule has 1 aromatic rings. The van der Waals surface area contributed by atoms with Crippen molar-refractivity contribution in [2.24, 2.45) is 5.73 Å². The summed E-state index contributed by atoms with van der Waals surface area (Å²) in [4.78, 5) is 0. The van der Waals surface area contributed by atoms with Crippen molar-refractivity contribution in [1.82, 2.24) is 0 Å². The Morgan fingerprint density at radius 2 is 1.95 bits per heavy atom. The Morgan fingerprint density at radius 3 is 2.47 bits per heavy atom. The van der Waals surface area contributed by atoms with E-state index in [2.05, 4.69) is 0 Å². The first-order valence-electron chi connectivity index (χ1n) is 6.54. The smallest absolute Gasteiger partial charge is 0.0987 e. The van der Waals surface area contributed by atoms with Crippen molar-refractivity contribution in [3.63, 3.8) is 0 Å². The van der Waals surface area contributed by atoms with Crippen LogP contribution >= 0.6 is 11.6 Å². The lowest BCUT2D eigenvalue weighted by molar-refractivity contribution is -0.0317. The number of nitrogens with two attached hydrogens (primary N) is 1. The third kappa shape index (κ3) is 5.11. The molecule has 3 nitrogen and oxygen atoms in total. The number of hydrogen-bond donors (Lipinski definition) is 1. The zero-order valence-corrected chi connectivity index (χ0v) is 12.9. The van der Waals surface area contributed by atoms with Crippen LogP contribution in [0.3, 0.4) is 0 Å². The standard InChI is InChI=1S/C15H24ClNO2/c1-11(17)14(12-7-5-6-8-13(12)16)19-10-9-15(2,3)18-4/h5-8,11,14H,9-10,17H2,1-4H3. The highest BCUT2D eigenvalue weighted by Crippen LogP contribution is 2.28. The van der Waals surface area contributed by atoms with Gasteiger partial charge < -0.3 is 15.2 Å². The van der Waals surface area contributed by atoms with E-state index in [1.165, 1.54) is 0 Å². The average molecular weight is 286 g/mol. The molecule has 0 aliphatic heterocycles. The van der Waals surface area contributed by atoms with Crippen molar-refractivity contribution < 1.29 is 9.47 Å². The first-order chi connectivity index (χ1) is 8.87. The van der Waals surface area contributed by atoms with Gasteiger partial charge in [-0.15, -0.1) is 0 Å². The van der Waals surface area contributed by atoms with Gasteiger partial charge in [0.25, 0.3) is 0 Å². The normalized spacial score (nSPS) is 15.3. The van der Waals surface area contributed by atoms with Crippen LogP contribution in [-0.4, -0.2) is 25.4 Å². The summed E-state index contributed by atoms with van der Waals surface area (Å²) in [6, 6.07) is 7.54. The van der Waals surface area contributed by atoms with Crippen LogP contribution in [0.15, 0.2) is 24.3 Å². The second-order valence-electron chi connectivity index (χ2n) is 5.39. The molecular formula is C15H24ClNO2. The number of hydrogen-bond acceptors (Lipinski definition) is 3. The fraction of sp³-hybridized carbons (Fsp3) is 0.600. The van der Waals surface area contributed by atoms with E-state index in [1.54, 1.807) is 7.11 Å². The second kappa shape index (κ2) is 7.25. The minimum absolute atomic E-state index is 0.120. The largest absolute Gasteiger partial charge is 0.379 e. The molecule has 1 rings (SSSR count). The predicted molar refractivity (Wildman–Crippen MR) is 79.5 cm³/mol. The lowest BCUT2D eigenvalue weighted by Crippen LogP contribution is -2.30. The fourth-order valence-corrected chi connectivity index (χ4v) is 2.01. The molecule has 0 heterocycles. The van der Waals surface area contributed by atoms with Gasteiger partial charge in [0.2, 0.25) is 0 Å². The van der Waals surface area contributed by atoms with Crippen LogP contribution in [0.5, 0.6) is 0 Å². The van der Waals surface area contributed by atoms with E-state index < -0.39 is 0 Å². The SMILES string of the molecule is COC(C)(C)CCOC(c1ccccc1Cl)C(C)N. The Bertz CT molecular complexity index is 393. The zero-order valence-electron chi connectivity index (χ0n) is 12.2. The molecule has 19 heavy (non-hydrogen) atoms. The molecule has 0 amide bonds. The van der Waals surface area contributed by atoms with Gasteiger partial charge in [0, 0.05) is 23.7 Å². The van der Waals surface area contributed by atoms with E-state index in [9.17, 15) is 0 Å². The Labute approximate surface area is 121 Å². The highest BCUT2D eigenvalue weighted by molar-refractivity contribution is 6.31. The summed E-state index contributed by atoms with van der Waals surface area (Å²) in [7, 11) is 1.71. The van der Waals surface area contributed by atoms with E-state index in [0.717, 1.165) is 12.0 Å². The van der Waals surface area contributed by atoms with Crippen LogP contribution in [0, 0.1) is 0 Å². The first-order valence-corrected chi connectivity index (χ1v) is 6.92. The minimum atomic E-state index is -0.193. The highest BCUT2D eigenvalue weighted by atomic mass is 35.5. The highest BCUT2D eigenvalue weighted by Gasteiger charge is 2.22. The maximum absolute atomic E-state index is 6.20. The molecular weight excluding hydrogens is 262 g/mol. The topological polar surface area (TPSA) is 44.5 Å². The van der Waals surface area contributed by atoms with Crippen molar-refractivity contribution in [2.45, 2.75) is 44.9 Å². The second-order valence-corrected chi connectivity index (χ2v) is 5.79. The molecule has 0 fully saturated rings. The number of halogens is 1. The van der Waals surface area contributed by atoms with Crippen molar-refractivity contribution >= 4 is 11.6 Å². The Balaban J connectivity index is 2.68. The quantitative estimate of drug-likeness (QED) is 0.833. The van der Waals surface area contributed by atoms with Crippen molar-refractivity contribution in [2.75, 3.05) is 13.7 Å². The van der Waals surface area contributed by atoms with Gasteiger partial charge in [-0.05, 0) is 33.3 Å². The monoisotopic (exact) mass is 285 g/mol. The average Bonchev–Trinajstić information content (AvgIpc) is 2.35. The number of benzene rings is 1. The summed E-state index contributed by atoms with van der Waals surface area (Å²) in [5.41, 5.74) is 6.75. The van der Waals surface area contributed by atoms with Crippen LogP contribution in [0.2, 0.25) is 5.02 Å². The molecule has 2 atom stereocenters. The molecule has 108 valence electrons. The van der Waals surface area contributed by atoms with Crippen LogP contribution in [0.25, 0.3) is 0 Å². The lowest BCUT2D eigenvalue weighted by Gasteiger charge is -2.27. The van der Waals surface area contributed by atoms with Crippen molar-refractivity contribution in [1.29, 1.82) is 0 Å². The molecule has 2 unspecified atom stereocenters. The van der Waals surface area contributed by atoms with Crippen molar-refractivity contribution in [3.8, 4) is 0 Å². The third-order valence-electron chi connectivity index (χ3n) is 3.24. The molecule has 1 aromatic carbocycles. The molecule has 0 aliphatic rings. The summed E-state index contributed by atoms with van der Waals surface area (Å²) in [6.07, 6.45) is 0.610. The van der Waals surface area contributed by atoms with Crippen molar-refractivity contribution in [3.05, 3.63) is 34.9 Å². The molecule has 0 saturated carbocycles. The number of rotatable bonds is 7. The summed E-state index contributed by atoms with van der Waals surface area (Å²) in [5.74, 6) is 0. The lowest BCUT2D eigenvalue weighted by atomic mass is 10.0. The van der Waals surface area contributed by atoms with Gasteiger partial charge in [-0.2, -0.15) is 0 Å². The van der Waals surface area contributed by atoms with E-state index >= 15 is 0 Å². The van der Waals surface area contributed by atoms with E-state index in [4.69, 9.17) is 26.8 Å². The Morgan fingerprint density at radius 1 is 1.32 bits per heavy atom. The van der Waals surface area contributed by atoms with E-state index in [1.807, 2.05) is 45.0 Å². The van der Waals surface area contributed by atoms with Gasteiger partial charge in [0.15, 0.2) is 0 Å². The molecule has 0 aromatic heterocycles. The van der Waals surface area contributed by atoms with Crippen LogP contribution in [0.4, 0.5) is 0 Å². The van der Waals surface area contributed by atoms with E-state index in [-0.39, 0.29) is 17.7 Å². The maximum atomic E-state index is 6.20. The zero-order chi connectivity index (χ0) is 14.5. The van der Waals surface area contributed by atoms with Gasteiger partial charge in [-0.1, -0.05) is 29.8 Å². The maximum Gasteiger partial charge on any atom is 0.0987 e. The predicted octanol–water partition coefficient (Wildman–Crippen LogP) is 3.56. The number of methoxy groups -OCH3 is 1. The van der Waals surface area contributed by atoms with Gasteiger partial charge in [-0.3, -0.25) is 0 Å². The van der Waals surface area contributed by atoms with Gasteiger partial charge >= 0.3 is 0 Å². The molecule has 0 aliphatic carbocycles. The summed E-state index contributed by atoms with van der Waals surface area (Å²) in [5, 5.41) is 0.691. The first kappa shape index (κ1) is 16.4. The van der Waals surface area contributed by atoms with Crippen LogP contribution < -0.4 is 5.73 Å². The van der Waals surface area contributed by atoms with Gasteiger partial charge in [-0.25, -0.2) is 0 Å². The molecule has 0 saturated heterocycles. The minimum Gasteiger partial charge on any atom is -0.379 e. The Kier molecular flexibility index (Phi) is 6.27. The molecule has 2 N–H and O–H groups in total. The van der Waals surface area contributed by atoms with E-state index in [0.29, 0.717) is 11.6 Å². The third-order valence-corrected chi connectivity index (χ3v) is 3.59.